The van der Waals surface area contributed by atoms with Crippen LogP contribution in [-0.2, 0) is 14.8 Å². The Labute approximate surface area is 165 Å². The third-order valence-electron chi connectivity index (χ3n) is 4.86. The first kappa shape index (κ1) is 19.9. The highest BCUT2D eigenvalue weighted by Gasteiger charge is 2.33. The van der Waals surface area contributed by atoms with Gasteiger partial charge in [0.05, 0.1) is 10.8 Å². The molecule has 0 radical (unpaired) electrons. The second-order valence-electron chi connectivity index (χ2n) is 6.96. The fourth-order valence-corrected chi connectivity index (χ4v) is 4.89. The van der Waals surface area contributed by atoms with Crippen molar-refractivity contribution in [1.29, 1.82) is 0 Å². The quantitative estimate of drug-likeness (QED) is 0.834. The molecule has 1 unspecified atom stereocenters. The van der Waals surface area contributed by atoms with E-state index >= 15 is 0 Å². The van der Waals surface area contributed by atoms with E-state index in [0.29, 0.717) is 24.4 Å². The van der Waals surface area contributed by atoms with Crippen LogP contribution in [0.15, 0.2) is 47.4 Å². The van der Waals surface area contributed by atoms with Crippen LogP contribution in [0.25, 0.3) is 0 Å². The number of hydrogen-bond acceptors (Lipinski definition) is 3. The van der Waals surface area contributed by atoms with Crippen molar-refractivity contribution >= 4 is 33.2 Å². The van der Waals surface area contributed by atoms with Gasteiger partial charge in [-0.15, -0.1) is 0 Å². The number of piperidine rings is 1. The zero-order valence-corrected chi connectivity index (χ0v) is 17.0. The first-order valence-electron chi connectivity index (χ1n) is 8.91. The van der Waals surface area contributed by atoms with Gasteiger partial charge in [-0.1, -0.05) is 23.7 Å². The first-order valence-corrected chi connectivity index (χ1v) is 10.7. The second kappa shape index (κ2) is 8.00. The van der Waals surface area contributed by atoms with Gasteiger partial charge in [-0.25, -0.2) is 8.42 Å². The molecule has 0 spiro atoms. The van der Waals surface area contributed by atoms with E-state index in [-0.39, 0.29) is 23.3 Å². The Bertz CT molecular complexity index is 942. The predicted molar refractivity (Wildman–Crippen MR) is 107 cm³/mol. The van der Waals surface area contributed by atoms with Crippen LogP contribution in [0.1, 0.15) is 24.0 Å². The largest absolute Gasteiger partial charge is 0.326 e. The summed E-state index contributed by atoms with van der Waals surface area (Å²) >= 11 is 5.85. The summed E-state index contributed by atoms with van der Waals surface area (Å²) in [5.74, 6) is -0.513. The molecule has 1 N–H and O–H groups in total. The molecular formula is C20H23ClN2O3S. The Kier molecular flexibility index (Phi) is 5.89. The zero-order chi connectivity index (χ0) is 19.6. The minimum absolute atomic E-state index is 0.139. The summed E-state index contributed by atoms with van der Waals surface area (Å²) in [4.78, 5) is 12.9. The number of benzene rings is 2. The van der Waals surface area contributed by atoms with Gasteiger partial charge >= 0.3 is 0 Å². The van der Waals surface area contributed by atoms with E-state index in [4.69, 9.17) is 11.6 Å². The Balaban J connectivity index is 1.74. The molecule has 0 bridgehead atoms. The number of amides is 1. The Hall–Kier alpha value is -1.89. The summed E-state index contributed by atoms with van der Waals surface area (Å²) in [5.41, 5.74) is 2.82. The van der Waals surface area contributed by atoms with Crippen LogP contribution in [0.3, 0.4) is 0 Å². The molecule has 1 saturated heterocycles. The van der Waals surface area contributed by atoms with Crippen LogP contribution >= 0.6 is 11.6 Å². The molecule has 0 aromatic heterocycles. The van der Waals surface area contributed by atoms with Crippen LogP contribution in [-0.4, -0.2) is 31.7 Å². The number of hydrogen-bond donors (Lipinski definition) is 1. The Morgan fingerprint density at radius 3 is 2.56 bits per heavy atom. The van der Waals surface area contributed by atoms with Gasteiger partial charge in [0.2, 0.25) is 15.9 Å². The maximum absolute atomic E-state index is 12.9. The molecule has 144 valence electrons. The fraction of sp³-hybridized carbons (Fsp3) is 0.350. The Morgan fingerprint density at radius 1 is 1.15 bits per heavy atom. The Morgan fingerprint density at radius 2 is 1.85 bits per heavy atom. The van der Waals surface area contributed by atoms with Crippen molar-refractivity contribution in [1.82, 2.24) is 4.31 Å². The molecule has 1 aliphatic rings. The monoisotopic (exact) mass is 406 g/mol. The van der Waals surface area contributed by atoms with Crippen molar-refractivity contribution in [2.24, 2.45) is 5.92 Å². The molecule has 2 aromatic carbocycles. The van der Waals surface area contributed by atoms with Gasteiger partial charge in [0.1, 0.15) is 0 Å². The third kappa shape index (κ3) is 4.51. The number of sulfonamides is 1. The smallest absolute Gasteiger partial charge is 0.243 e. The van der Waals surface area contributed by atoms with Gasteiger partial charge < -0.3 is 5.32 Å². The lowest BCUT2D eigenvalue weighted by Gasteiger charge is -2.31. The lowest BCUT2D eigenvalue weighted by atomic mass is 9.98. The van der Waals surface area contributed by atoms with Gasteiger partial charge in [0, 0.05) is 23.8 Å². The fourth-order valence-electron chi connectivity index (χ4n) is 3.24. The average molecular weight is 407 g/mol. The van der Waals surface area contributed by atoms with Crippen LogP contribution in [0.5, 0.6) is 0 Å². The summed E-state index contributed by atoms with van der Waals surface area (Å²) in [6.07, 6.45) is 1.32. The molecule has 1 heterocycles. The van der Waals surface area contributed by atoms with Crippen molar-refractivity contribution in [3.8, 4) is 0 Å². The summed E-state index contributed by atoms with van der Waals surface area (Å²) in [5, 5.41) is 3.45. The molecule has 27 heavy (non-hydrogen) atoms. The summed E-state index contributed by atoms with van der Waals surface area (Å²) < 4.78 is 27.1. The van der Waals surface area contributed by atoms with Gasteiger partial charge in [-0.3, -0.25) is 4.79 Å². The third-order valence-corrected chi connectivity index (χ3v) is 6.99. The molecule has 0 aliphatic carbocycles. The number of rotatable bonds is 4. The summed E-state index contributed by atoms with van der Waals surface area (Å²) in [6.45, 7) is 4.50. The molecule has 1 aliphatic heterocycles. The predicted octanol–water partition coefficient (Wildman–Crippen LogP) is 4.00. The number of carbonyl (C=O) groups excluding carboxylic acids is 1. The topological polar surface area (TPSA) is 66.5 Å². The minimum atomic E-state index is -3.64. The molecule has 0 saturated carbocycles. The van der Waals surface area contributed by atoms with E-state index in [2.05, 4.69) is 5.32 Å². The number of nitrogens with one attached hydrogen (secondary N) is 1. The number of carbonyl (C=O) groups is 1. The molecule has 2 aromatic rings. The minimum Gasteiger partial charge on any atom is -0.326 e. The van der Waals surface area contributed by atoms with Gasteiger partial charge in [0.15, 0.2) is 0 Å². The van der Waals surface area contributed by atoms with Crippen LogP contribution in [0, 0.1) is 19.8 Å². The first-order chi connectivity index (χ1) is 12.8. The SMILES string of the molecule is Cc1ccc(C)c(NC(=O)C2CCCN(S(=O)(=O)c3ccc(Cl)cc3)C2)c1. The summed E-state index contributed by atoms with van der Waals surface area (Å²) in [7, 11) is -3.64. The van der Waals surface area contributed by atoms with Crippen LogP contribution in [0.2, 0.25) is 5.02 Å². The van der Waals surface area contributed by atoms with Crippen molar-refractivity contribution in [3.63, 3.8) is 0 Å². The van der Waals surface area contributed by atoms with E-state index in [1.807, 2.05) is 32.0 Å². The van der Waals surface area contributed by atoms with Crippen molar-refractivity contribution in [2.45, 2.75) is 31.6 Å². The van der Waals surface area contributed by atoms with Gasteiger partial charge in [-0.05, 0) is 68.1 Å². The second-order valence-corrected chi connectivity index (χ2v) is 9.34. The molecule has 1 amide bonds. The average Bonchev–Trinajstić information content (AvgIpc) is 2.65. The molecule has 3 rings (SSSR count). The maximum atomic E-state index is 12.9. The summed E-state index contributed by atoms with van der Waals surface area (Å²) in [6, 6.07) is 12.0. The van der Waals surface area contributed by atoms with Crippen LogP contribution in [0.4, 0.5) is 5.69 Å². The number of anilines is 1. The highest BCUT2D eigenvalue weighted by atomic mass is 35.5. The van der Waals surface area contributed by atoms with Crippen molar-refractivity contribution < 1.29 is 13.2 Å². The highest BCUT2D eigenvalue weighted by molar-refractivity contribution is 7.89. The van der Waals surface area contributed by atoms with Crippen LogP contribution < -0.4 is 5.32 Å². The van der Waals surface area contributed by atoms with E-state index in [1.165, 1.54) is 16.4 Å². The number of aryl methyl sites for hydroxylation is 2. The van der Waals surface area contributed by atoms with Crippen molar-refractivity contribution in [2.75, 3.05) is 18.4 Å². The lowest BCUT2D eigenvalue weighted by Crippen LogP contribution is -2.43. The normalized spacial score (nSPS) is 18.3. The molecule has 5 nitrogen and oxygen atoms in total. The number of halogens is 1. The van der Waals surface area contributed by atoms with Gasteiger partial charge in [-0.2, -0.15) is 4.31 Å². The standard InChI is InChI=1S/C20H23ClN2O3S/c1-14-5-6-15(2)19(12-14)22-20(24)16-4-3-11-23(13-16)27(25,26)18-9-7-17(21)8-10-18/h5-10,12,16H,3-4,11,13H2,1-2H3,(H,22,24). The lowest BCUT2D eigenvalue weighted by molar-refractivity contribution is -0.120. The maximum Gasteiger partial charge on any atom is 0.243 e. The van der Waals surface area contributed by atoms with Gasteiger partial charge in [0.25, 0.3) is 0 Å². The zero-order valence-electron chi connectivity index (χ0n) is 15.4. The molecule has 1 atom stereocenters. The van der Waals surface area contributed by atoms with E-state index in [1.54, 1.807) is 12.1 Å². The van der Waals surface area contributed by atoms with E-state index in [9.17, 15) is 13.2 Å². The van der Waals surface area contributed by atoms with Crippen molar-refractivity contribution in [3.05, 3.63) is 58.6 Å². The van der Waals surface area contributed by atoms with E-state index in [0.717, 1.165) is 16.8 Å². The molecule has 1 fully saturated rings. The highest BCUT2D eigenvalue weighted by Crippen LogP contribution is 2.26. The molecule has 7 heteroatoms. The number of nitrogens with zero attached hydrogens (tertiary/aromatic N) is 1. The molecular weight excluding hydrogens is 384 g/mol. The van der Waals surface area contributed by atoms with E-state index < -0.39 is 10.0 Å².